The second-order valence-corrected chi connectivity index (χ2v) is 6.63. The molecular formula is C18H9ClN2S. The highest BCUT2D eigenvalue weighted by molar-refractivity contribution is 7.26. The summed E-state index contributed by atoms with van der Waals surface area (Å²) in [4.78, 5) is 9.92. The standard InChI is InChI=1S/C18H9ClN2S/c19-14-9-20-18-16(21-14)15-12-7-3-1-5-10(12)11-6-2-4-8-13(11)17(15)22-18/h1-9H. The molecule has 2 nitrogen and oxygen atoms in total. The normalized spacial score (nSPS) is 11.9. The molecule has 0 amide bonds. The van der Waals surface area contributed by atoms with Gasteiger partial charge in [0.2, 0.25) is 0 Å². The van der Waals surface area contributed by atoms with Crippen molar-refractivity contribution in [2.45, 2.75) is 0 Å². The number of halogens is 1. The van der Waals surface area contributed by atoms with Crippen LogP contribution in [-0.2, 0) is 0 Å². The Kier molecular flexibility index (Phi) is 2.46. The van der Waals surface area contributed by atoms with Crippen molar-refractivity contribution >= 4 is 64.9 Å². The number of hydrogen-bond donors (Lipinski definition) is 0. The van der Waals surface area contributed by atoms with Crippen molar-refractivity contribution in [2.24, 2.45) is 0 Å². The number of aromatic nitrogens is 2. The van der Waals surface area contributed by atoms with Crippen LogP contribution in [0.15, 0.2) is 54.7 Å². The van der Waals surface area contributed by atoms with Gasteiger partial charge in [-0.1, -0.05) is 60.1 Å². The van der Waals surface area contributed by atoms with E-state index in [2.05, 4.69) is 58.5 Å². The highest BCUT2D eigenvalue weighted by atomic mass is 35.5. The van der Waals surface area contributed by atoms with Crippen LogP contribution in [-0.4, -0.2) is 9.97 Å². The molecule has 0 aliphatic carbocycles. The first-order chi connectivity index (χ1) is 10.8. The van der Waals surface area contributed by atoms with Gasteiger partial charge in [-0.25, -0.2) is 9.97 Å². The zero-order valence-corrected chi connectivity index (χ0v) is 12.9. The van der Waals surface area contributed by atoms with Gasteiger partial charge in [0, 0.05) is 15.5 Å². The first-order valence-corrected chi connectivity index (χ1v) is 8.16. The number of fused-ring (bicyclic) bond motifs is 8. The van der Waals surface area contributed by atoms with Crippen LogP contribution in [0.5, 0.6) is 0 Å². The van der Waals surface area contributed by atoms with Gasteiger partial charge < -0.3 is 0 Å². The van der Waals surface area contributed by atoms with Crippen LogP contribution >= 0.6 is 22.9 Å². The Morgan fingerprint density at radius 1 is 0.818 bits per heavy atom. The van der Waals surface area contributed by atoms with Crippen LogP contribution in [0.2, 0.25) is 5.15 Å². The fraction of sp³-hybridized carbons (Fsp3) is 0. The van der Waals surface area contributed by atoms with Crippen molar-refractivity contribution in [3.8, 4) is 0 Å². The highest BCUT2D eigenvalue weighted by Crippen LogP contribution is 2.42. The minimum Gasteiger partial charge on any atom is -0.240 e. The number of benzene rings is 3. The highest BCUT2D eigenvalue weighted by Gasteiger charge is 2.15. The molecular weight excluding hydrogens is 312 g/mol. The number of hydrogen-bond acceptors (Lipinski definition) is 3. The first-order valence-electron chi connectivity index (χ1n) is 6.97. The molecule has 4 heteroatoms. The first kappa shape index (κ1) is 12.3. The van der Waals surface area contributed by atoms with E-state index in [9.17, 15) is 0 Å². The minimum atomic E-state index is 0.435. The van der Waals surface area contributed by atoms with E-state index in [0.29, 0.717) is 5.15 Å². The second kappa shape index (κ2) is 4.38. The summed E-state index contributed by atoms with van der Waals surface area (Å²) in [5.74, 6) is 0. The van der Waals surface area contributed by atoms with Gasteiger partial charge in [0.15, 0.2) is 0 Å². The molecule has 0 atom stereocenters. The second-order valence-electron chi connectivity index (χ2n) is 5.24. The summed E-state index contributed by atoms with van der Waals surface area (Å²) < 4.78 is 1.23. The molecule has 3 aromatic carbocycles. The lowest BCUT2D eigenvalue weighted by atomic mass is 9.99. The Hall–Kier alpha value is -2.23. The average Bonchev–Trinajstić information content (AvgIpc) is 2.94. The summed E-state index contributed by atoms with van der Waals surface area (Å²) in [5, 5.41) is 6.56. The zero-order valence-electron chi connectivity index (χ0n) is 11.4. The van der Waals surface area contributed by atoms with E-state index in [1.54, 1.807) is 17.5 Å². The van der Waals surface area contributed by atoms with Crippen molar-refractivity contribution in [3.63, 3.8) is 0 Å². The summed E-state index contributed by atoms with van der Waals surface area (Å²) in [5.41, 5.74) is 0.898. The zero-order chi connectivity index (χ0) is 14.7. The van der Waals surface area contributed by atoms with E-state index in [1.165, 1.54) is 26.2 Å². The van der Waals surface area contributed by atoms with Crippen LogP contribution in [0, 0.1) is 0 Å². The molecule has 2 heterocycles. The molecule has 0 saturated carbocycles. The van der Waals surface area contributed by atoms with Crippen LogP contribution in [0.4, 0.5) is 0 Å². The van der Waals surface area contributed by atoms with Crippen LogP contribution in [0.3, 0.4) is 0 Å². The van der Waals surface area contributed by atoms with Gasteiger partial charge in [-0.2, -0.15) is 0 Å². The Bertz CT molecular complexity index is 1190. The number of thiophene rings is 1. The maximum absolute atomic E-state index is 6.08. The Morgan fingerprint density at radius 2 is 1.45 bits per heavy atom. The topological polar surface area (TPSA) is 25.8 Å². The maximum atomic E-state index is 6.08. The van der Waals surface area contributed by atoms with Gasteiger partial charge in [-0.05, 0) is 16.2 Å². The van der Waals surface area contributed by atoms with Gasteiger partial charge in [-0.3, -0.25) is 0 Å². The summed E-state index contributed by atoms with van der Waals surface area (Å²) in [6, 6.07) is 17.0. The van der Waals surface area contributed by atoms with E-state index in [1.807, 2.05) is 0 Å². The van der Waals surface area contributed by atoms with Crippen molar-refractivity contribution < 1.29 is 0 Å². The van der Waals surface area contributed by atoms with Crippen molar-refractivity contribution in [3.05, 3.63) is 59.9 Å². The third-order valence-electron chi connectivity index (χ3n) is 4.03. The lowest BCUT2D eigenvalue weighted by molar-refractivity contribution is 1.32. The predicted molar refractivity (Wildman–Crippen MR) is 94.9 cm³/mol. The van der Waals surface area contributed by atoms with E-state index < -0.39 is 0 Å². The molecule has 104 valence electrons. The third-order valence-corrected chi connectivity index (χ3v) is 5.33. The fourth-order valence-corrected chi connectivity index (χ4v) is 4.41. The fourth-order valence-electron chi connectivity index (χ4n) is 3.14. The van der Waals surface area contributed by atoms with Crippen LogP contribution in [0.1, 0.15) is 0 Å². The molecule has 0 saturated heterocycles. The Balaban J connectivity index is 2.22. The molecule has 0 fully saturated rings. The van der Waals surface area contributed by atoms with Crippen molar-refractivity contribution in [1.82, 2.24) is 9.97 Å². The number of nitrogens with zero attached hydrogens (tertiary/aromatic N) is 2. The van der Waals surface area contributed by atoms with Gasteiger partial charge >= 0.3 is 0 Å². The van der Waals surface area contributed by atoms with E-state index in [4.69, 9.17) is 11.6 Å². The van der Waals surface area contributed by atoms with Gasteiger partial charge in [0.1, 0.15) is 15.5 Å². The van der Waals surface area contributed by atoms with E-state index in [-0.39, 0.29) is 0 Å². The van der Waals surface area contributed by atoms with Gasteiger partial charge in [0.05, 0.1) is 6.20 Å². The summed E-state index contributed by atoms with van der Waals surface area (Å²) >= 11 is 7.76. The van der Waals surface area contributed by atoms with Crippen LogP contribution in [0.25, 0.3) is 42.0 Å². The quantitative estimate of drug-likeness (QED) is 0.337. The largest absolute Gasteiger partial charge is 0.240 e. The monoisotopic (exact) mass is 320 g/mol. The smallest absolute Gasteiger partial charge is 0.148 e. The Labute approximate surface area is 135 Å². The SMILES string of the molecule is Clc1cnc2sc3c4ccccc4c4ccccc4c3c2n1. The third kappa shape index (κ3) is 1.55. The van der Waals surface area contributed by atoms with Crippen LogP contribution < -0.4 is 0 Å². The summed E-state index contributed by atoms with van der Waals surface area (Å²) in [6.45, 7) is 0. The molecule has 0 radical (unpaired) electrons. The summed E-state index contributed by atoms with van der Waals surface area (Å²) in [6.07, 6.45) is 1.61. The lowest BCUT2D eigenvalue weighted by Gasteiger charge is -2.06. The molecule has 0 bridgehead atoms. The molecule has 0 aliphatic rings. The van der Waals surface area contributed by atoms with E-state index >= 15 is 0 Å². The molecule has 5 rings (SSSR count). The van der Waals surface area contributed by atoms with E-state index in [0.717, 1.165) is 15.7 Å². The van der Waals surface area contributed by atoms with Crippen molar-refractivity contribution in [2.75, 3.05) is 0 Å². The molecule has 2 aromatic heterocycles. The minimum absolute atomic E-state index is 0.435. The Morgan fingerprint density at radius 3 is 2.23 bits per heavy atom. The van der Waals surface area contributed by atoms with Crippen molar-refractivity contribution in [1.29, 1.82) is 0 Å². The predicted octanol–water partition coefficient (Wildman–Crippen LogP) is 5.80. The molecule has 0 aliphatic heterocycles. The molecule has 5 aromatic rings. The van der Waals surface area contributed by atoms with Gasteiger partial charge in [0.25, 0.3) is 0 Å². The number of rotatable bonds is 0. The molecule has 22 heavy (non-hydrogen) atoms. The molecule has 0 N–H and O–H groups in total. The molecule has 0 unspecified atom stereocenters. The maximum Gasteiger partial charge on any atom is 0.148 e. The molecule has 0 spiro atoms. The average molecular weight is 321 g/mol. The lowest BCUT2D eigenvalue weighted by Crippen LogP contribution is -1.82. The van der Waals surface area contributed by atoms with Gasteiger partial charge in [-0.15, -0.1) is 11.3 Å². The summed E-state index contributed by atoms with van der Waals surface area (Å²) in [7, 11) is 0.